The highest BCUT2D eigenvalue weighted by Crippen LogP contribution is 2.27. The number of rotatable bonds is 5. The van der Waals surface area contributed by atoms with Gasteiger partial charge in [-0.25, -0.2) is 0 Å². The van der Waals surface area contributed by atoms with Crippen molar-refractivity contribution >= 4 is 0 Å². The Bertz CT molecular complexity index is 358. The SMILES string of the molecule is CCC(c1cccnc1)N(C)C1CCN(CC)CC1. The first-order valence-corrected chi connectivity index (χ1v) is 7.60. The summed E-state index contributed by atoms with van der Waals surface area (Å²) in [6.45, 7) is 8.21. The fraction of sp³-hybridized carbons (Fsp3) is 0.688. The highest BCUT2D eigenvalue weighted by atomic mass is 15.2. The van der Waals surface area contributed by atoms with E-state index in [0.717, 1.165) is 6.42 Å². The van der Waals surface area contributed by atoms with Crippen molar-refractivity contribution < 1.29 is 0 Å². The number of likely N-dealkylation sites (tertiary alicyclic amines) is 1. The summed E-state index contributed by atoms with van der Waals surface area (Å²) in [7, 11) is 2.29. The Morgan fingerprint density at radius 1 is 1.37 bits per heavy atom. The average molecular weight is 261 g/mol. The summed E-state index contributed by atoms with van der Waals surface area (Å²) < 4.78 is 0. The van der Waals surface area contributed by atoms with Crippen LogP contribution in [-0.2, 0) is 0 Å². The number of aromatic nitrogens is 1. The number of nitrogens with zero attached hydrogens (tertiary/aromatic N) is 3. The molecule has 106 valence electrons. The zero-order chi connectivity index (χ0) is 13.7. The molecule has 1 unspecified atom stereocenters. The second-order valence-corrected chi connectivity index (χ2v) is 5.54. The molecule has 1 aliphatic heterocycles. The Labute approximate surface area is 117 Å². The van der Waals surface area contributed by atoms with Crippen molar-refractivity contribution in [2.45, 2.75) is 45.2 Å². The average Bonchev–Trinajstić information content (AvgIpc) is 2.49. The highest BCUT2D eigenvalue weighted by molar-refractivity contribution is 5.14. The molecule has 1 fully saturated rings. The zero-order valence-electron chi connectivity index (χ0n) is 12.5. The molecular formula is C16H27N3. The van der Waals surface area contributed by atoms with E-state index in [4.69, 9.17) is 0 Å². The molecule has 0 amide bonds. The second kappa shape index (κ2) is 7.01. The predicted octanol–water partition coefficient (Wildman–Crippen LogP) is 2.95. The molecule has 0 saturated carbocycles. The van der Waals surface area contributed by atoms with Gasteiger partial charge in [-0.15, -0.1) is 0 Å². The minimum atomic E-state index is 0.506. The van der Waals surface area contributed by atoms with Gasteiger partial charge >= 0.3 is 0 Å². The van der Waals surface area contributed by atoms with Crippen molar-refractivity contribution in [3.05, 3.63) is 30.1 Å². The molecule has 0 aliphatic carbocycles. The molecule has 19 heavy (non-hydrogen) atoms. The lowest BCUT2D eigenvalue weighted by atomic mass is 9.98. The van der Waals surface area contributed by atoms with Crippen molar-refractivity contribution in [2.24, 2.45) is 0 Å². The largest absolute Gasteiger partial charge is 0.303 e. The minimum Gasteiger partial charge on any atom is -0.303 e. The van der Waals surface area contributed by atoms with Gasteiger partial charge in [0.1, 0.15) is 0 Å². The van der Waals surface area contributed by atoms with Crippen molar-refractivity contribution in [3.63, 3.8) is 0 Å². The molecule has 1 atom stereocenters. The lowest BCUT2D eigenvalue weighted by Crippen LogP contribution is -2.44. The maximum Gasteiger partial charge on any atom is 0.0360 e. The summed E-state index contributed by atoms with van der Waals surface area (Å²) in [5, 5.41) is 0. The molecule has 1 aromatic heterocycles. The third kappa shape index (κ3) is 3.54. The van der Waals surface area contributed by atoms with E-state index in [2.05, 4.69) is 41.7 Å². The molecule has 1 saturated heterocycles. The second-order valence-electron chi connectivity index (χ2n) is 5.54. The topological polar surface area (TPSA) is 19.4 Å². The van der Waals surface area contributed by atoms with E-state index in [1.807, 2.05) is 18.5 Å². The van der Waals surface area contributed by atoms with E-state index < -0.39 is 0 Å². The summed E-state index contributed by atoms with van der Waals surface area (Å²) in [5.74, 6) is 0. The summed E-state index contributed by atoms with van der Waals surface area (Å²) in [6.07, 6.45) is 7.61. The van der Waals surface area contributed by atoms with Gasteiger partial charge in [0.15, 0.2) is 0 Å². The summed E-state index contributed by atoms with van der Waals surface area (Å²) >= 11 is 0. The minimum absolute atomic E-state index is 0.506. The smallest absolute Gasteiger partial charge is 0.0360 e. The van der Waals surface area contributed by atoms with Gasteiger partial charge in [0.2, 0.25) is 0 Å². The van der Waals surface area contributed by atoms with Gasteiger partial charge in [-0.05, 0) is 57.6 Å². The van der Waals surface area contributed by atoms with Crippen molar-refractivity contribution in [1.82, 2.24) is 14.8 Å². The lowest BCUT2D eigenvalue weighted by molar-refractivity contribution is 0.0962. The van der Waals surface area contributed by atoms with Gasteiger partial charge in [-0.3, -0.25) is 9.88 Å². The van der Waals surface area contributed by atoms with Crippen LogP contribution < -0.4 is 0 Å². The Balaban J connectivity index is 1.99. The van der Waals surface area contributed by atoms with Crippen LogP contribution >= 0.6 is 0 Å². The van der Waals surface area contributed by atoms with E-state index in [9.17, 15) is 0 Å². The Kier molecular flexibility index (Phi) is 5.34. The molecule has 0 aromatic carbocycles. The van der Waals surface area contributed by atoms with E-state index >= 15 is 0 Å². The Morgan fingerprint density at radius 2 is 2.11 bits per heavy atom. The number of pyridine rings is 1. The summed E-state index contributed by atoms with van der Waals surface area (Å²) in [5.41, 5.74) is 1.35. The fourth-order valence-electron chi connectivity index (χ4n) is 3.23. The van der Waals surface area contributed by atoms with Gasteiger partial charge in [-0.1, -0.05) is 19.9 Å². The van der Waals surface area contributed by atoms with Gasteiger partial charge < -0.3 is 4.90 Å². The van der Waals surface area contributed by atoms with Gasteiger partial charge in [0.05, 0.1) is 0 Å². The third-order valence-electron chi connectivity index (χ3n) is 4.53. The zero-order valence-corrected chi connectivity index (χ0v) is 12.5. The van der Waals surface area contributed by atoms with Crippen LogP contribution in [0, 0.1) is 0 Å². The molecule has 3 heteroatoms. The normalized spacial score (nSPS) is 19.8. The first kappa shape index (κ1) is 14.5. The molecule has 1 aliphatic rings. The van der Waals surface area contributed by atoms with Crippen LogP contribution in [-0.4, -0.2) is 47.5 Å². The summed E-state index contributed by atoms with van der Waals surface area (Å²) in [4.78, 5) is 9.40. The van der Waals surface area contributed by atoms with E-state index in [1.165, 1.54) is 38.0 Å². The highest BCUT2D eigenvalue weighted by Gasteiger charge is 2.26. The molecule has 3 nitrogen and oxygen atoms in total. The van der Waals surface area contributed by atoms with E-state index in [-0.39, 0.29) is 0 Å². The number of hydrogen-bond donors (Lipinski definition) is 0. The monoisotopic (exact) mass is 261 g/mol. The first-order valence-electron chi connectivity index (χ1n) is 7.60. The molecule has 0 radical (unpaired) electrons. The molecule has 2 rings (SSSR count). The van der Waals surface area contributed by atoms with Gasteiger partial charge in [0, 0.05) is 24.5 Å². The Morgan fingerprint density at radius 3 is 2.63 bits per heavy atom. The Hall–Kier alpha value is -0.930. The molecule has 1 aromatic rings. The number of hydrogen-bond acceptors (Lipinski definition) is 3. The van der Waals surface area contributed by atoms with Crippen LogP contribution in [0.1, 0.15) is 44.7 Å². The van der Waals surface area contributed by atoms with Crippen LogP contribution in [0.15, 0.2) is 24.5 Å². The standard InChI is InChI=1S/C16H27N3/c1-4-16(14-7-6-10-17-13-14)18(3)15-8-11-19(5-2)12-9-15/h6-7,10,13,15-16H,4-5,8-9,11-12H2,1-3H3. The predicted molar refractivity (Wildman–Crippen MR) is 80.2 cm³/mol. The molecule has 0 N–H and O–H groups in total. The first-order chi connectivity index (χ1) is 9.26. The van der Waals surface area contributed by atoms with Crippen LogP contribution in [0.25, 0.3) is 0 Å². The van der Waals surface area contributed by atoms with Crippen LogP contribution in [0.3, 0.4) is 0 Å². The molecular weight excluding hydrogens is 234 g/mol. The van der Waals surface area contributed by atoms with E-state index in [0.29, 0.717) is 12.1 Å². The van der Waals surface area contributed by atoms with Crippen molar-refractivity contribution in [2.75, 3.05) is 26.7 Å². The van der Waals surface area contributed by atoms with Gasteiger partial charge in [0.25, 0.3) is 0 Å². The van der Waals surface area contributed by atoms with E-state index in [1.54, 1.807) is 0 Å². The van der Waals surface area contributed by atoms with Crippen molar-refractivity contribution in [1.29, 1.82) is 0 Å². The van der Waals surface area contributed by atoms with Crippen LogP contribution in [0.4, 0.5) is 0 Å². The number of piperidine rings is 1. The van der Waals surface area contributed by atoms with Crippen molar-refractivity contribution in [3.8, 4) is 0 Å². The fourth-order valence-corrected chi connectivity index (χ4v) is 3.23. The van der Waals surface area contributed by atoms with Crippen LogP contribution in [0.5, 0.6) is 0 Å². The molecule has 0 bridgehead atoms. The summed E-state index contributed by atoms with van der Waals surface area (Å²) in [6, 6.07) is 5.48. The van der Waals surface area contributed by atoms with Crippen LogP contribution in [0.2, 0.25) is 0 Å². The maximum absolute atomic E-state index is 4.27. The molecule has 0 spiro atoms. The lowest BCUT2D eigenvalue weighted by Gasteiger charge is -2.40. The van der Waals surface area contributed by atoms with Gasteiger partial charge in [-0.2, -0.15) is 0 Å². The third-order valence-corrected chi connectivity index (χ3v) is 4.53. The molecule has 2 heterocycles. The maximum atomic E-state index is 4.27. The quantitative estimate of drug-likeness (QED) is 0.812.